The van der Waals surface area contributed by atoms with Gasteiger partial charge in [-0.3, -0.25) is 0 Å². The zero-order chi connectivity index (χ0) is 30.2. The van der Waals surface area contributed by atoms with E-state index in [1.807, 2.05) is 25.1 Å². The van der Waals surface area contributed by atoms with Gasteiger partial charge in [0.15, 0.2) is 0 Å². The lowest BCUT2D eigenvalue weighted by Gasteiger charge is -2.33. The number of benzene rings is 1. The van der Waals surface area contributed by atoms with Crippen LogP contribution in [-0.4, -0.2) is 73.6 Å². The number of aliphatic hydroxyl groups is 1. The Morgan fingerprint density at radius 3 is 2.53 bits per heavy atom. The van der Waals surface area contributed by atoms with Gasteiger partial charge in [-0.25, -0.2) is 27.4 Å². The van der Waals surface area contributed by atoms with Crippen molar-refractivity contribution in [2.45, 2.75) is 87.8 Å². The van der Waals surface area contributed by atoms with Crippen LogP contribution in [0.25, 0.3) is 16.9 Å². The number of halogens is 1. The van der Waals surface area contributed by atoms with Crippen LogP contribution in [0, 0.1) is 11.3 Å². The summed E-state index contributed by atoms with van der Waals surface area (Å²) in [5.41, 5.74) is 2.67. The fraction of sp³-hybridized carbons (Fsp3) is 0.533. The van der Waals surface area contributed by atoms with E-state index in [0.29, 0.717) is 72.0 Å². The average molecular weight is 625 g/mol. The maximum absolute atomic E-state index is 12.6. The van der Waals surface area contributed by atoms with Crippen molar-refractivity contribution in [1.82, 2.24) is 29.4 Å². The minimum Gasteiger partial charge on any atom is -0.390 e. The van der Waals surface area contributed by atoms with E-state index in [4.69, 9.17) is 11.6 Å². The van der Waals surface area contributed by atoms with Gasteiger partial charge in [0.1, 0.15) is 6.07 Å². The third-order valence-electron chi connectivity index (χ3n) is 8.77. The first-order chi connectivity index (χ1) is 20.6. The number of hydrogen-bond acceptors (Lipinski definition) is 9. The Hall–Kier alpha value is -3.08. The van der Waals surface area contributed by atoms with Crippen LogP contribution >= 0.6 is 11.6 Å². The third kappa shape index (κ3) is 6.86. The molecule has 3 N–H and O–H groups in total. The second kappa shape index (κ2) is 12.1. The lowest BCUT2D eigenvalue weighted by atomic mass is 9.83. The van der Waals surface area contributed by atoms with Gasteiger partial charge in [-0.2, -0.15) is 10.4 Å². The Bertz CT molecular complexity index is 1610. The number of nitriles is 1. The van der Waals surface area contributed by atoms with Gasteiger partial charge >= 0.3 is 0 Å². The van der Waals surface area contributed by atoms with Crippen molar-refractivity contribution in [2.75, 3.05) is 18.4 Å². The molecule has 6 rings (SSSR count). The first-order valence-electron chi connectivity index (χ1n) is 14.9. The fourth-order valence-corrected chi connectivity index (χ4v) is 8.06. The number of rotatable bonds is 9. The predicted molar refractivity (Wildman–Crippen MR) is 164 cm³/mol. The van der Waals surface area contributed by atoms with Crippen molar-refractivity contribution in [2.24, 2.45) is 0 Å². The van der Waals surface area contributed by atoms with Crippen molar-refractivity contribution >= 4 is 27.6 Å². The molecule has 3 heterocycles. The number of anilines is 1. The zero-order valence-electron chi connectivity index (χ0n) is 24.2. The van der Waals surface area contributed by atoms with E-state index in [2.05, 4.69) is 31.8 Å². The van der Waals surface area contributed by atoms with Crippen LogP contribution in [-0.2, 0) is 16.6 Å². The minimum absolute atomic E-state index is 0.0361. The van der Waals surface area contributed by atoms with Crippen molar-refractivity contribution in [1.29, 1.82) is 5.26 Å². The summed E-state index contributed by atoms with van der Waals surface area (Å²) in [6.45, 7) is 3.55. The number of sulfonamides is 1. The SMILES string of the molecule is C[C@]1(O)CC[C@@H](NCc2ccc(-n3cc(-c4nc(NC5CCN(S(=O)(=O)C6CC6)CC5)ncc4C#N)cn3)c(Cl)c2)CC1. The molecule has 11 nitrogen and oxygen atoms in total. The molecule has 2 aliphatic carbocycles. The van der Waals surface area contributed by atoms with Crippen LogP contribution in [0.3, 0.4) is 0 Å². The second-order valence-corrected chi connectivity index (χ2v) is 14.9. The van der Waals surface area contributed by atoms with Gasteiger partial charge in [-0.05, 0) is 76.0 Å². The molecular formula is C30H37ClN8O3S. The highest BCUT2D eigenvalue weighted by Gasteiger charge is 2.41. The number of aromatic nitrogens is 4. The molecule has 228 valence electrons. The molecule has 0 amide bonds. The van der Waals surface area contributed by atoms with Gasteiger partial charge in [-0.1, -0.05) is 17.7 Å². The highest BCUT2D eigenvalue weighted by Crippen LogP contribution is 2.33. The number of hydrogen-bond donors (Lipinski definition) is 3. The molecular weight excluding hydrogens is 588 g/mol. The quantitative estimate of drug-likeness (QED) is 0.321. The Balaban J connectivity index is 1.10. The average Bonchev–Trinajstić information content (AvgIpc) is 3.75. The largest absolute Gasteiger partial charge is 0.390 e. The molecule has 1 saturated heterocycles. The topological polar surface area (TPSA) is 149 Å². The maximum Gasteiger partial charge on any atom is 0.223 e. The molecule has 0 spiro atoms. The van der Waals surface area contributed by atoms with Crippen molar-refractivity contribution < 1.29 is 13.5 Å². The lowest BCUT2D eigenvalue weighted by molar-refractivity contribution is 0.0140. The summed E-state index contributed by atoms with van der Waals surface area (Å²) < 4.78 is 28.4. The Morgan fingerprint density at radius 1 is 1.12 bits per heavy atom. The normalized spacial score (nSPS) is 23.6. The lowest BCUT2D eigenvalue weighted by Crippen LogP contribution is -2.43. The van der Waals surface area contributed by atoms with E-state index in [1.165, 1.54) is 6.20 Å². The monoisotopic (exact) mass is 624 g/mol. The molecule has 2 saturated carbocycles. The molecule has 0 unspecified atom stereocenters. The highest BCUT2D eigenvalue weighted by atomic mass is 35.5. The summed E-state index contributed by atoms with van der Waals surface area (Å²) in [6, 6.07) is 8.46. The molecule has 1 aliphatic heterocycles. The number of nitrogens with one attached hydrogen (secondary N) is 2. The Kier molecular flexibility index (Phi) is 8.45. The number of nitrogens with zero attached hydrogens (tertiary/aromatic N) is 6. The summed E-state index contributed by atoms with van der Waals surface area (Å²) >= 11 is 6.68. The molecule has 3 aliphatic rings. The molecule has 3 fully saturated rings. The van der Waals surface area contributed by atoms with E-state index in [-0.39, 0.29) is 11.3 Å². The molecule has 0 radical (unpaired) electrons. The van der Waals surface area contributed by atoms with Gasteiger partial charge in [0, 0.05) is 43.5 Å². The Morgan fingerprint density at radius 2 is 1.86 bits per heavy atom. The van der Waals surface area contributed by atoms with E-state index in [1.54, 1.807) is 21.4 Å². The van der Waals surface area contributed by atoms with Crippen molar-refractivity contribution in [3.8, 4) is 23.0 Å². The first kappa shape index (κ1) is 30.0. The summed E-state index contributed by atoms with van der Waals surface area (Å²) in [4.78, 5) is 8.99. The van der Waals surface area contributed by atoms with Gasteiger partial charge in [0.25, 0.3) is 0 Å². The standard InChI is InChI=1S/C30H37ClN8O3S/c1-30(40)10-6-23(7-11-30)33-16-20-2-5-27(26(31)14-20)39-19-22(18-35-39)28-21(15-32)17-34-29(37-28)36-24-8-12-38(13-9-24)43(41,42)25-3-4-25/h2,5,14,17-19,23-25,33,40H,3-4,6-13,16H2,1H3,(H,34,36,37)/t23-,30+. The molecule has 13 heteroatoms. The van der Waals surface area contributed by atoms with Gasteiger partial charge in [-0.15, -0.1) is 0 Å². The maximum atomic E-state index is 12.6. The van der Waals surface area contributed by atoms with E-state index >= 15 is 0 Å². The third-order valence-corrected chi connectivity index (χ3v) is 11.5. The fourth-order valence-electron chi connectivity index (χ4n) is 5.90. The van der Waals surface area contributed by atoms with Gasteiger partial charge < -0.3 is 15.7 Å². The van der Waals surface area contributed by atoms with Crippen molar-refractivity contribution in [3.05, 3.63) is 52.9 Å². The predicted octanol–water partition coefficient (Wildman–Crippen LogP) is 4.01. The molecule has 3 aromatic rings. The van der Waals surface area contributed by atoms with Crippen molar-refractivity contribution in [3.63, 3.8) is 0 Å². The summed E-state index contributed by atoms with van der Waals surface area (Å²) in [7, 11) is -3.17. The zero-order valence-corrected chi connectivity index (χ0v) is 25.8. The summed E-state index contributed by atoms with van der Waals surface area (Å²) in [6.07, 6.45) is 11.3. The second-order valence-electron chi connectivity index (χ2n) is 12.2. The van der Waals surface area contributed by atoms with Crippen LogP contribution in [0.4, 0.5) is 5.95 Å². The van der Waals surface area contributed by atoms with E-state index < -0.39 is 15.6 Å². The molecule has 0 atom stereocenters. The molecule has 1 aromatic carbocycles. The number of piperidine rings is 1. The van der Waals surface area contributed by atoms with Crippen LogP contribution in [0.15, 0.2) is 36.8 Å². The molecule has 0 bridgehead atoms. The van der Waals surface area contributed by atoms with Crippen LogP contribution < -0.4 is 10.6 Å². The summed E-state index contributed by atoms with van der Waals surface area (Å²) in [5.74, 6) is 0.390. The molecule has 43 heavy (non-hydrogen) atoms. The van der Waals surface area contributed by atoms with E-state index in [0.717, 1.165) is 44.1 Å². The first-order valence-corrected chi connectivity index (χ1v) is 16.8. The molecule has 2 aromatic heterocycles. The summed E-state index contributed by atoms with van der Waals surface area (Å²) in [5, 5.41) is 31.7. The minimum atomic E-state index is -3.17. The Labute approximate surface area is 257 Å². The van der Waals surface area contributed by atoms with Crippen LogP contribution in [0.2, 0.25) is 5.02 Å². The highest BCUT2D eigenvalue weighted by molar-refractivity contribution is 7.90. The van der Waals surface area contributed by atoms with Crippen LogP contribution in [0.5, 0.6) is 0 Å². The smallest absolute Gasteiger partial charge is 0.223 e. The van der Waals surface area contributed by atoms with Gasteiger partial charge in [0.05, 0.1) is 45.2 Å². The van der Waals surface area contributed by atoms with E-state index in [9.17, 15) is 18.8 Å². The van der Waals surface area contributed by atoms with Gasteiger partial charge in [0.2, 0.25) is 16.0 Å². The van der Waals surface area contributed by atoms with Crippen LogP contribution in [0.1, 0.15) is 69.4 Å².